The number of carbonyl (C=O) groups excluding carboxylic acids is 1. The van der Waals surface area contributed by atoms with Crippen LogP contribution in [0.3, 0.4) is 0 Å². The fourth-order valence-corrected chi connectivity index (χ4v) is 3.79. The number of nitrogens with zero attached hydrogens (tertiary/aromatic N) is 2. The zero-order chi connectivity index (χ0) is 21.8. The summed E-state index contributed by atoms with van der Waals surface area (Å²) in [4.78, 5) is 15.1. The molecule has 1 N–H and O–H groups in total. The van der Waals surface area contributed by atoms with Crippen molar-refractivity contribution in [2.24, 2.45) is 5.92 Å². The molecule has 3 rings (SSSR count). The van der Waals surface area contributed by atoms with Gasteiger partial charge in [0.05, 0.1) is 5.54 Å². The maximum absolute atomic E-state index is 13.0. The molecule has 30 heavy (non-hydrogen) atoms. The van der Waals surface area contributed by atoms with E-state index in [4.69, 9.17) is 18.7 Å². The highest BCUT2D eigenvalue weighted by atomic mass is 16.7. The average Bonchev–Trinajstić information content (AvgIpc) is 3.18. The van der Waals surface area contributed by atoms with Crippen LogP contribution >= 0.6 is 0 Å². The number of likely N-dealkylation sites (N-methyl/N-ethyl adjacent to an activating group) is 1. The van der Waals surface area contributed by atoms with Crippen LogP contribution in [0.15, 0.2) is 10.6 Å². The minimum atomic E-state index is -0.687. The summed E-state index contributed by atoms with van der Waals surface area (Å²) in [5.74, 6) is 0.741. The van der Waals surface area contributed by atoms with Gasteiger partial charge >= 0.3 is 0 Å². The van der Waals surface area contributed by atoms with Crippen LogP contribution in [-0.4, -0.2) is 61.2 Å². The second-order valence-corrected chi connectivity index (χ2v) is 9.45. The molecule has 1 aromatic heterocycles. The summed E-state index contributed by atoms with van der Waals surface area (Å²) in [6, 6.07) is 1.73. The Morgan fingerprint density at radius 3 is 2.60 bits per heavy atom. The summed E-state index contributed by atoms with van der Waals surface area (Å²) in [7, 11) is 1.99. The van der Waals surface area contributed by atoms with Crippen LogP contribution < -0.4 is 5.32 Å². The van der Waals surface area contributed by atoms with Gasteiger partial charge in [-0.3, -0.25) is 15.0 Å². The number of carbonyl (C=O) groups is 1. The Balaban J connectivity index is 1.57. The summed E-state index contributed by atoms with van der Waals surface area (Å²) in [5, 5.41) is 7.00. The van der Waals surface area contributed by atoms with E-state index in [9.17, 15) is 4.79 Å². The lowest BCUT2D eigenvalue weighted by atomic mass is 9.95. The van der Waals surface area contributed by atoms with Gasteiger partial charge in [0.2, 0.25) is 11.8 Å². The van der Waals surface area contributed by atoms with Crippen molar-refractivity contribution in [3.63, 3.8) is 0 Å². The van der Waals surface area contributed by atoms with E-state index in [0.29, 0.717) is 17.5 Å². The Kier molecular flexibility index (Phi) is 7.55. The van der Waals surface area contributed by atoms with Crippen molar-refractivity contribution in [1.82, 2.24) is 10.1 Å². The van der Waals surface area contributed by atoms with Crippen LogP contribution in [0.25, 0.3) is 0 Å². The lowest BCUT2D eigenvalue weighted by Crippen LogP contribution is -2.52. The van der Waals surface area contributed by atoms with Crippen LogP contribution in [-0.2, 0) is 24.6 Å². The average molecular weight is 424 g/mol. The lowest BCUT2D eigenvalue weighted by molar-refractivity contribution is -0.220. The van der Waals surface area contributed by atoms with Gasteiger partial charge in [0, 0.05) is 32.4 Å². The molecule has 8 heteroatoms. The van der Waals surface area contributed by atoms with Gasteiger partial charge in [-0.25, -0.2) is 0 Å². The summed E-state index contributed by atoms with van der Waals surface area (Å²) < 4.78 is 22.6. The Labute approximate surface area is 179 Å². The van der Waals surface area contributed by atoms with E-state index in [1.807, 2.05) is 34.7 Å². The minimum absolute atomic E-state index is 0.130. The molecule has 0 aliphatic carbocycles. The second-order valence-electron chi connectivity index (χ2n) is 9.45. The molecule has 0 radical (unpaired) electrons. The first-order chi connectivity index (χ1) is 14.2. The highest BCUT2D eigenvalue weighted by Crippen LogP contribution is 2.30. The normalized spacial score (nSPS) is 21.7. The number of hydrogen-bond acceptors (Lipinski definition) is 7. The maximum atomic E-state index is 13.0. The Bertz CT molecular complexity index is 691. The van der Waals surface area contributed by atoms with Crippen LogP contribution in [0.5, 0.6) is 0 Å². The SMILES string of the molecule is CN(CC1CCOCC1)C(C)(C)C(=O)Nc1cc(C(C)(C)OC2CCCCO2)no1. The Morgan fingerprint density at radius 2 is 1.93 bits per heavy atom. The number of hydrogen-bond donors (Lipinski definition) is 1. The largest absolute Gasteiger partial charge is 0.381 e. The quantitative estimate of drug-likeness (QED) is 0.684. The zero-order valence-corrected chi connectivity index (χ0v) is 19.0. The minimum Gasteiger partial charge on any atom is -0.381 e. The van der Waals surface area contributed by atoms with Gasteiger partial charge in [-0.05, 0) is 72.8 Å². The molecule has 8 nitrogen and oxygen atoms in total. The molecule has 1 unspecified atom stereocenters. The molecular formula is C22H37N3O5. The van der Waals surface area contributed by atoms with E-state index in [1.54, 1.807) is 6.07 Å². The molecule has 1 aromatic rings. The molecule has 3 heterocycles. The number of ether oxygens (including phenoxy) is 3. The van der Waals surface area contributed by atoms with Crippen LogP contribution in [0.4, 0.5) is 5.88 Å². The number of amides is 1. The van der Waals surface area contributed by atoms with E-state index in [1.165, 1.54) is 0 Å². The van der Waals surface area contributed by atoms with Crippen molar-refractivity contribution in [2.75, 3.05) is 38.7 Å². The molecule has 0 saturated carbocycles. The molecule has 0 spiro atoms. The first-order valence-corrected chi connectivity index (χ1v) is 11.1. The zero-order valence-electron chi connectivity index (χ0n) is 19.0. The van der Waals surface area contributed by atoms with E-state index in [2.05, 4.69) is 15.4 Å². The molecule has 0 bridgehead atoms. The third-order valence-corrected chi connectivity index (χ3v) is 6.31. The lowest BCUT2D eigenvalue weighted by Gasteiger charge is -2.37. The molecule has 2 saturated heterocycles. The molecule has 2 aliphatic rings. The van der Waals surface area contributed by atoms with Gasteiger partial charge in [0.25, 0.3) is 0 Å². The van der Waals surface area contributed by atoms with Crippen molar-refractivity contribution >= 4 is 11.8 Å². The molecule has 2 fully saturated rings. The highest BCUT2D eigenvalue weighted by molar-refractivity contribution is 5.96. The van der Waals surface area contributed by atoms with Crippen molar-refractivity contribution in [3.8, 4) is 0 Å². The number of nitrogens with one attached hydrogen (secondary N) is 1. The number of rotatable bonds is 8. The van der Waals surface area contributed by atoms with Gasteiger partial charge in [0.15, 0.2) is 6.29 Å². The van der Waals surface area contributed by atoms with Crippen molar-refractivity contribution < 1.29 is 23.5 Å². The van der Waals surface area contributed by atoms with Gasteiger partial charge < -0.3 is 18.7 Å². The van der Waals surface area contributed by atoms with E-state index in [-0.39, 0.29) is 12.2 Å². The topological polar surface area (TPSA) is 86.1 Å². The standard InChI is InChI=1S/C22H37N3O5/c1-21(2,25(5)15-16-9-12-27-13-10-16)20(26)23-18-14-17(24-30-18)22(3,4)29-19-8-6-7-11-28-19/h14,16,19H,6-13,15H2,1-5H3,(H,23,26). The predicted molar refractivity (Wildman–Crippen MR) is 113 cm³/mol. The first kappa shape index (κ1) is 23.2. The smallest absolute Gasteiger partial charge is 0.246 e. The van der Waals surface area contributed by atoms with Gasteiger partial charge in [-0.1, -0.05) is 5.16 Å². The third kappa shape index (κ3) is 5.81. The molecule has 170 valence electrons. The first-order valence-electron chi connectivity index (χ1n) is 11.1. The second kappa shape index (κ2) is 9.77. The monoisotopic (exact) mass is 423 g/mol. The molecule has 0 aromatic carbocycles. The Morgan fingerprint density at radius 1 is 1.20 bits per heavy atom. The summed E-state index contributed by atoms with van der Waals surface area (Å²) in [6.45, 7) is 10.9. The van der Waals surface area contributed by atoms with E-state index < -0.39 is 11.1 Å². The highest BCUT2D eigenvalue weighted by Gasteiger charge is 2.35. The van der Waals surface area contributed by atoms with Gasteiger partial charge in [0.1, 0.15) is 11.3 Å². The van der Waals surface area contributed by atoms with E-state index >= 15 is 0 Å². The maximum Gasteiger partial charge on any atom is 0.246 e. The fourth-order valence-electron chi connectivity index (χ4n) is 3.79. The molecule has 1 amide bonds. The van der Waals surface area contributed by atoms with Gasteiger partial charge in [-0.2, -0.15) is 0 Å². The van der Waals surface area contributed by atoms with Crippen molar-refractivity contribution in [2.45, 2.75) is 77.2 Å². The van der Waals surface area contributed by atoms with Gasteiger partial charge in [-0.15, -0.1) is 0 Å². The summed E-state index contributed by atoms with van der Waals surface area (Å²) >= 11 is 0. The molecular weight excluding hydrogens is 386 g/mol. The van der Waals surface area contributed by atoms with E-state index in [0.717, 1.165) is 58.5 Å². The van der Waals surface area contributed by atoms with Crippen LogP contribution in [0, 0.1) is 5.92 Å². The third-order valence-electron chi connectivity index (χ3n) is 6.31. The Hall–Kier alpha value is -1.48. The summed E-state index contributed by atoms with van der Waals surface area (Å²) in [6.07, 6.45) is 4.87. The van der Waals surface area contributed by atoms with Crippen molar-refractivity contribution in [1.29, 1.82) is 0 Å². The molecule has 2 aliphatic heterocycles. The number of aromatic nitrogens is 1. The number of anilines is 1. The van der Waals surface area contributed by atoms with Crippen LogP contribution in [0.2, 0.25) is 0 Å². The predicted octanol–water partition coefficient (Wildman–Crippen LogP) is 3.53. The van der Waals surface area contributed by atoms with Crippen molar-refractivity contribution in [3.05, 3.63) is 11.8 Å². The molecule has 1 atom stereocenters. The van der Waals surface area contributed by atoms with Crippen LogP contribution in [0.1, 0.15) is 65.5 Å². The fraction of sp³-hybridized carbons (Fsp3) is 0.818. The summed E-state index contributed by atoms with van der Waals surface area (Å²) in [5.41, 5.74) is -0.739.